The van der Waals surface area contributed by atoms with E-state index in [0.717, 1.165) is 38.5 Å². The number of unbranched alkanes of at least 4 members (excludes halogenated alkanes) is 14. The van der Waals surface area contributed by atoms with Crippen molar-refractivity contribution in [3.05, 3.63) is 0 Å². The van der Waals surface area contributed by atoms with Crippen molar-refractivity contribution in [3.8, 4) is 0 Å². The molecule has 0 rings (SSSR count). The first-order valence-corrected chi connectivity index (χ1v) is 19.3. The normalized spacial score (nSPS) is 11.5. The van der Waals surface area contributed by atoms with Crippen LogP contribution < -0.4 is 21.7 Å². The molecule has 0 saturated carbocycles. The van der Waals surface area contributed by atoms with Gasteiger partial charge in [0, 0.05) is 45.6 Å². The van der Waals surface area contributed by atoms with E-state index >= 15 is 0 Å². The lowest BCUT2D eigenvalue weighted by molar-refractivity contribution is -0.142. The van der Waals surface area contributed by atoms with Crippen molar-refractivity contribution < 1.29 is 52.8 Å². The number of carboxylic acid groups (broad SMARTS) is 1. The first kappa shape index (κ1) is 48.9. The fourth-order valence-corrected chi connectivity index (χ4v) is 5.13. The molecule has 6 N–H and O–H groups in total. The molecule has 52 heavy (non-hydrogen) atoms. The van der Waals surface area contributed by atoms with Crippen LogP contribution in [0.1, 0.15) is 128 Å². The van der Waals surface area contributed by atoms with Gasteiger partial charge in [0.15, 0.2) is 6.29 Å². The molecule has 1 atom stereocenters. The molecule has 0 spiro atoms. The van der Waals surface area contributed by atoms with Gasteiger partial charge in [0.1, 0.15) is 19.3 Å². The maximum Gasteiger partial charge on any atom is 0.326 e. The SMILES string of the molecule is NC(=O)COCC(=O)NCCCOCCOCCOCCCNC(=O)CCC(NC(=O)CCCCCCCCCCCCCCCC[C]=O)C(=O)O. The smallest absolute Gasteiger partial charge is 0.326 e. The number of nitrogens with one attached hydrogen (secondary N) is 3. The van der Waals surface area contributed by atoms with Crippen LogP contribution in [-0.4, -0.2) is 113 Å². The third-order valence-electron chi connectivity index (χ3n) is 8.02. The standard InChI is InChI=1S/C37H67N4O11/c38-33(43)30-52-31-36(46)40-22-17-25-50-27-29-51-28-26-49-24-16-21-39-34(44)20-19-32(37(47)48)41-35(45)18-14-12-10-8-6-4-2-1-3-5-7-9-11-13-15-23-42/h32H,1-22,24-31H2,(H2,38,43)(H,39,44)(H,40,46)(H,41,45)(H,47,48). The van der Waals surface area contributed by atoms with E-state index in [2.05, 4.69) is 16.0 Å². The summed E-state index contributed by atoms with van der Waals surface area (Å²) < 4.78 is 21.1. The molecule has 4 amide bonds. The van der Waals surface area contributed by atoms with Gasteiger partial charge in [-0.2, -0.15) is 0 Å². The Morgan fingerprint density at radius 3 is 1.48 bits per heavy atom. The molecule has 15 nitrogen and oxygen atoms in total. The predicted molar refractivity (Wildman–Crippen MR) is 196 cm³/mol. The molecule has 0 aliphatic heterocycles. The molecule has 0 heterocycles. The minimum Gasteiger partial charge on any atom is -0.480 e. The Kier molecular flexibility index (Phi) is 35.3. The molecular formula is C37H67N4O11. The Morgan fingerprint density at radius 2 is 1.00 bits per heavy atom. The summed E-state index contributed by atoms with van der Waals surface area (Å²) in [6.45, 7) is 2.78. The third kappa shape index (κ3) is 36.6. The zero-order chi connectivity index (χ0) is 38.3. The van der Waals surface area contributed by atoms with Gasteiger partial charge in [-0.1, -0.05) is 77.0 Å². The van der Waals surface area contributed by atoms with Gasteiger partial charge < -0.3 is 45.7 Å². The van der Waals surface area contributed by atoms with E-state index in [0.29, 0.717) is 72.0 Å². The highest BCUT2D eigenvalue weighted by molar-refractivity contribution is 5.84. The molecule has 15 heteroatoms. The molecular weight excluding hydrogens is 676 g/mol. The molecule has 0 aromatic carbocycles. The lowest BCUT2D eigenvalue weighted by Crippen LogP contribution is -2.41. The molecule has 0 bridgehead atoms. The zero-order valence-electron chi connectivity index (χ0n) is 31.4. The van der Waals surface area contributed by atoms with Gasteiger partial charge in [-0.05, 0) is 32.1 Å². The summed E-state index contributed by atoms with van der Waals surface area (Å²) in [7, 11) is 0. The highest BCUT2D eigenvalue weighted by Crippen LogP contribution is 2.14. The van der Waals surface area contributed by atoms with Crippen molar-refractivity contribution in [1.82, 2.24) is 16.0 Å². The van der Waals surface area contributed by atoms with Crippen LogP contribution in [0.2, 0.25) is 0 Å². The first-order chi connectivity index (χ1) is 25.3. The predicted octanol–water partition coefficient (Wildman–Crippen LogP) is 3.25. The number of carbonyl (C=O) groups is 5. The quantitative estimate of drug-likeness (QED) is 0.0573. The first-order valence-electron chi connectivity index (χ1n) is 19.3. The number of primary amides is 1. The van der Waals surface area contributed by atoms with E-state index in [9.17, 15) is 33.9 Å². The highest BCUT2D eigenvalue weighted by Gasteiger charge is 2.20. The zero-order valence-corrected chi connectivity index (χ0v) is 31.4. The lowest BCUT2D eigenvalue weighted by Gasteiger charge is -2.14. The number of hydrogen-bond acceptors (Lipinski definition) is 10. The van der Waals surface area contributed by atoms with E-state index in [1.165, 1.54) is 51.4 Å². The van der Waals surface area contributed by atoms with Gasteiger partial charge in [0.05, 0.1) is 26.4 Å². The van der Waals surface area contributed by atoms with Gasteiger partial charge in [0.2, 0.25) is 23.6 Å². The monoisotopic (exact) mass is 743 g/mol. The van der Waals surface area contributed by atoms with Crippen LogP contribution in [0.4, 0.5) is 0 Å². The van der Waals surface area contributed by atoms with E-state index in [1.807, 2.05) is 6.29 Å². The number of hydrogen-bond donors (Lipinski definition) is 5. The number of carbonyl (C=O) groups excluding carboxylic acids is 5. The van der Waals surface area contributed by atoms with Crippen LogP contribution in [0.5, 0.6) is 0 Å². The molecule has 0 saturated heterocycles. The van der Waals surface area contributed by atoms with Gasteiger partial charge >= 0.3 is 5.97 Å². The summed E-state index contributed by atoms with van der Waals surface area (Å²) in [6.07, 6.45) is 20.0. The Balaban J connectivity index is 3.60. The van der Waals surface area contributed by atoms with Crippen molar-refractivity contribution >= 4 is 35.9 Å². The number of carboxylic acids is 1. The third-order valence-corrected chi connectivity index (χ3v) is 8.02. The molecule has 0 fully saturated rings. The van der Waals surface area contributed by atoms with Crippen molar-refractivity contribution in [3.63, 3.8) is 0 Å². The van der Waals surface area contributed by atoms with Crippen LogP contribution in [0, 0.1) is 0 Å². The average Bonchev–Trinajstić information content (AvgIpc) is 3.11. The van der Waals surface area contributed by atoms with Gasteiger partial charge in [0.25, 0.3) is 0 Å². The van der Waals surface area contributed by atoms with Crippen LogP contribution in [0.3, 0.4) is 0 Å². The summed E-state index contributed by atoms with van der Waals surface area (Å²) in [5, 5.41) is 17.4. The Bertz CT molecular complexity index is 939. The Morgan fingerprint density at radius 1 is 0.538 bits per heavy atom. The lowest BCUT2D eigenvalue weighted by atomic mass is 10.0. The van der Waals surface area contributed by atoms with Crippen LogP contribution in [0.25, 0.3) is 0 Å². The van der Waals surface area contributed by atoms with Crippen LogP contribution in [0.15, 0.2) is 0 Å². The van der Waals surface area contributed by atoms with Crippen LogP contribution in [-0.2, 0) is 47.7 Å². The Labute approximate surface area is 310 Å². The summed E-state index contributed by atoms with van der Waals surface area (Å²) in [5.41, 5.74) is 4.92. The maximum atomic E-state index is 12.3. The number of rotatable bonds is 40. The second kappa shape index (κ2) is 37.6. The molecule has 0 aliphatic carbocycles. The topological polar surface area (TPSA) is 222 Å². The Hall–Kier alpha value is -3.14. The largest absolute Gasteiger partial charge is 0.480 e. The number of aliphatic carboxylic acids is 1. The number of nitrogens with two attached hydrogens (primary N) is 1. The fourth-order valence-electron chi connectivity index (χ4n) is 5.13. The molecule has 301 valence electrons. The molecule has 0 aromatic heterocycles. The second-order valence-corrected chi connectivity index (χ2v) is 12.8. The maximum absolute atomic E-state index is 12.3. The van der Waals surface area contributed by atoms with E-state index < -0.39 is 17.9 Å². The van der Waals surface area contributed by atoms with Gasteiger partial charge in [-0.15, -0.1) is 0 Å². The van der Waals surface area contributed by atoms with Crippen molar-refractivity contribution in [2.75, 3.05) is 65.9 Å². The van der Waals surface area contributed by atoms with Gasteiger partial charge in [-0.3, -0.25) is 24.0 Å². The number of amides is 4. The van der Waals surface area contributed by atoms with E-state index in [1.54, 1.807) is 0 Å². The van der Waals surface area contributed by atoms with Crippen molar-refractivity contribution in [2.24, 2.45) is 5.73 Å². The van der Waals surface area contributed by atoms with Crippen molar-refractivity contribution in [2.45, 2.75) is 134 Å². The average molecular weight is 744 g/mol. The molecule has 1 radical (unpaired) electrons. The number of ether oxygens (including phenoxy) is 4. The highest BCUT2D eigenvalue weighted by atomic mass is 16.5. The minimum atomic E-state index is -1.15. The van der Waals surface area contributed by atoms with E-state index in [4.69, 9.17) is 24.7 Å². The summed E-state index contributed by atoms with van der Waals surface area (Å²) in [5.74, 6) is -2.68. The summed E-state index contributed by atoms with van der Waals surface area (Å²) in [6, 6.07) is -1.09. The van der Waals surface area contributed by atoms with Crippen LogP contribution >= 0.6 is 0 Å². The summed E-state index contributed by atoms with van der Waals surface area (Å²) >= 11 is 0. The molecule has 0 aromatic rings. The van der Waals surface area contributed by atoms with Gasteiger partial charge in [-0.25, -0.2) is 4.79 Å². The molecule has 0 aliphatic rings. The fraction of sp³-hybridized carbons (Fsp3) is 0.838. The summed E-state index contributed by atoms with van der Waals surface area (Å²) in [4.78, 5) is 68.2. The second-order valence-electron chi connectivity index (χ2n) is 12.8. The van der Waals surface area contributed by atoms with E-state index in [-0.39, 0.29) is 50.2 Å². The minimum absolute atomic E-state index is 0.00252. The molecule has 1 unspecified atom stereocenters. The van der Waals surface area contributed by atoms with Crippen molar-refractivity contribution in [1.29, 1.82) is 0 Å².